The summed E-state index contributed by atoms with van der Waals surface area (Å²) < 4.78 is 0. The summed E-state index contributed by atoms with van der Waals surface area (Å²) in [4.78, 5) is 2.71. The van der Waals surface area contributed by atoms with Crippen molar-refractivity contribution in [3.05, 3.63) is 0 Å². The Morgan fingerprint density at radius 1 is 1.11 bits per heavy atom. The Hall–Kier alpha value is -0.120. The highest BCUT2D eigenvalue weighted by Gasteiger charge is 2.37. The molecule has 3 fully saturated rings. The molecule has 0 aromatic heterocycles. The Kier molecular flexibility index (Phi) is 3.92. The molecule has 0 spiro atoms. The fourth-order valence-corrected chi connectivity index (χ4v) is 3.79. The Morgan fingerprint density at radius 2 is 1.89 bits per heavy atom. The Balaban J connectivity index is 1.54. The van der Waals surface area contributed by atoms with Gasteiger partial charge in [0.15, 0.2) is 0 Å². The highest BCUT2D eigenvalue weighted by atomic mass is 16.3. The van der Waals surface area contributed by atoms with Gasteiger partial charge in [-0.1, -0.05) is 6.92 Å². The largest absolute Gasteiger partial charge is 0.396 e. The van der Waals surface area contributed by atoms with Crippen LogP contribution in [-0.2, 0) is 0 Å². The summed E-state index contributed by atoms with van der Waals surface area (Å²) in [7, 11) is 0. The smallest absolute Gasteiger partial charge is 0.0434 e. The Labute approximate surface area is 111 Å². The minimum absolute atomic E-state index is 0.357. The molecule has 104 valence electrons. The number of likely N-dealkylation sites (tertiary alicyclic amines) is 1. The second-order valence-corrected chi connectivity index (χ2v) is 6.94. The van der Waals surface area contributed by atoms with Gasteiger partial charge in [-0.3, -0.25) is 4.90 Å². The van der Waals surface area contributed by atoms with Crippen molar-refractivity contribution in [3.63, 3.8) is 0 Å². The van der Waals surface area contributed by atoms with Gasteiger partial charge in [0.2, 0.25) is 0 Å². The molecule has 3 rings (SSSR count). The lowest BCUT2D eigenvalue weighted by atomic mass is 9.78. The lowest BCUT2D eigenvalue weighted by molar-refractivity contribution is 0.0279. The van der Waals surface area contributed by atoms with E-state index in [1.807, 2.05) is 0 Å². The molecule has 2 aliphatic carbocycles. The summed E-state index contributed by atoms with van der Waals surface area (Å²) in [6.07, 6.45) is 7.80. The van der Waals surface area contributed by atoms with Crippen molar-refractivity contribution in [3.8, 4) is 0 Å². The van der Waals surface area contributed by atoms with Crippen LogP contribution in [0.5, 0.6) is 0 Å². The monoisotopic (exact) mass is 252 g/mol. The topological polar surface area (TPSA) is 35.5 Å². The summed E-state index contributed by atoms with van der Waals surface area (Å²) in [6.45, 7) is 5.19. The van der Waals surface area contributed by atoms with Crippen molar-refractivity contribution in [2.75, 3.05) is 19.7 Å². The van der Waals surface area contributed by atoms with Crippen LogP contribution in [0.25, 0.3) is 0 Å². The van der Waals surface area contributed by atoms with Crippen LogP contribution < -0.4 is 5.32 Å². The van der Waals surface area contributed by atoms with Crippen molar-refractivity contribution in [1.82, 2.24) is 10.2 Å². The zero-order valence-corrected chi connectivity index (χ0v) is 11.6. The van der Waals surface area contributed by atoms with E-state index in [1.54, 1.807) is 0 Å². The van der Waals surface area contributed by atoms with Gasteiger partial charge in [0, 0.05) is 37.8 Å². The van der Waals surface area contributed by atoms with E-state index in [-0.39, 0.29) is 0 Å². The number of nitrogens with one attached hydrogen (secondary N) is 1. The number of rotatable bonds is 5. The standard InChI is InChI=1S/C15H28N2O/c1-11-6-15(7-11)17-9-12(4-5-18)8-14(10-17)16-13-2-3-13/h11-16,18H,2-10H2,1H3. The third kappa shape index (κ3) is 3.06. The van der Waals surface area contributed by atoms with Crippen LogP contribution in [0.1, 0.15) is 45.4 Å². The molecule has 18 heavy (non-hydrogen) atoms. The molecular weight excluding hydrogens is 224 g/mol. The van der Waals surface area contributed by atoms with Gasteiger partial charge in [0.1, 0.15) is 0 Å². The quantitative estimate of drug-likeness (QED) is 0.780. The van der Waals surface area contributed by atoms with Gasteiger partial charge in [-0.15, -0.1) is 0 Å². The van der Waals surface area contributed by atoms with Crippen LogP contribution in [-0.4, -0.2) is 47.8 Å². The lowest BCUT2D eigenvalue weighted by Crippen LogP contribution is -2.56. The predicted molar refractivity (Wildman–Crippen MR) is 73.5 cm³/mol. The van der Waals surface area contributed by atoms with Gasteiger partial charge in [-0.25, -0.2) is 0 Å². The molecule has 0 radical (unpaired) electrons. The molecule has 0 amide bonds. The third-order valence-corrected chi connectivity index (χ3v) is 5.02. The first-order chi connectivity index (χ1) is 8.74. The van der Waals surface area contributed by atoms with E-state index in [1.165, 1.54) is 45.2 Å². The molecule has 3 heteroatoms. The van der Waals surface area contributed by atoms with Crippen molar-refractivity contribution in [2.45, 2.75) is 63.6 Å². The average molecular weight is 252 g/mol. The van der Waals surface area contributed by atoms with Crippen LogP contribution in [0.4, 0.5) is 0 Å². The summed E-state index contributed by atoms with van der Waals surface area (Å²) in [5.41, 5.74) is 0. The van der Waals surface area contributed by atoms with Crippen molar-refractivity contribution >= 4 is 0 Å². The van der Waals surface area contributed by atoms with Crippen LogP contribution in [0.2, 0.25) is 0 Å². The van der Waals surface area contributed by atoms with E-state index >= 15 is 0 Å². The zero-order chi connectivity index (χ0) is 12.5. The summed E-state index contributed by atoms with van der Waals surface area (Å²) in [5.74, 6) is 1.64. The van der Waals surface area contributed by atoms with E-state index in [9.17, 15) is 5.11 Å². The van der Waals surface area contributed by atoms with Crippen LogP contribution >= 0.6 is 0 Å². The second-order valence-electron chi connectivity index (χ2n) is 6.94. The fourth-order valence-electron chi connectivity index (χ4n) is 3.79. The first-order valence-corrected chi connectivity index (χ1v) is 7.85. The maximum atomic E-state index is 9.20. The normalized spacial score (nSPS) is 41.7. The molecule has 3 nitrogen and oxygen atoms in total. The molecule has 0 bridgehead atoms. The van der Waals surface area contributed by atoms with Crippen molar-refractivity contribution in [2.24, 2.45) is 11.8 Å². The molecule has 3 aliphatic rings. The molecule has 0 aromatic rings. The predicted octanol–water partition coefficient (Wildman–Crippen LogP) is 1.61. The number of nitrogens with zero attached hydrogens (tertiary/aromatic N) is 1. The van der Waals surface area contributed by atoms with E-state index in [2.05, 4.69) is 17.1 Å². The molecule has 0 aromatic carbocycles. The lowest BCUT2D eigenvalue weighted by Gasteiger charge is -2.47. The minimum Gasteiger partial charge on any atom is -0.396 e. The number of piperidine rings is 1. The molecule has 1 aliphatic heterocycles. The molecule has 1 saturated heterocycles. The average Bonchev–Trinajstić information content (AvgIpc) is 3.09. The van der Waals surface area contributed by atoms with E-state index in [0.29, 0.717) is 18.6 Å². The third-order valence-electron chi connectivity index (χ3n) is 5.02. The van der Waals surface area contributed by atoms with Crippen LogP contribution in [0, 0.1) is 11.8 Å². The zero-order valence-electron chi connectivity index (χ0n) is 11.6. The Bertz CT molecular complexity index is 274. The highest BCUT2D eigenvalue weighted by molar-refractivity contribution is 4.94. The molecule has 2 saturated carbocycles. The first kappa shape index (κ1) is 12.9. The Morgan fingerprint density at radius 3 is 2.50 bits per heavy atom. The highest BCUT2D eigenvalue weighted by Crippen LogP contribution is 2.34. The van der Waals surface area contributed by atoms with Gasteiger partial charge < -0.3 is 10.4 Å². The van der Waals surface area contributed by atoms with E-state index in [4.69, 9.17) is 0 Å². The van der Waals surface area contributed by atoms with Crippen molar-refractivity contribution in [1.29, 1.82) is 0 Å². The minimum atomic E-state index is 0.357. The molecule has 2 unspecified atom stereocenters. The summed E-state index contributed by atoms with van der Waals surface area (Å²) in [6, 6.07) is 2.33. The molecular formula is C15H28N2O. The first-order valence-electron chi connectivity index (χ1n) is 7.85. The van der Waals surface area contributed by atoms with E-state index < -0.39 is 0 Å². The van der Waals surface area contributed by atoms with Crippen molar-refractivity contribution < 1.29 is 5.11 Å². The maximum absolute atomic E-state index is 9.20. The number of hydrogen-bond donors (Lipinski definition) is 2. The van der Waals surface area contributed by atoms with Crippen LogP contribution in [0.15, 0.2) is 0 Å². The van der Waals surface area contributed by atoms with Gasteiger partial charge in [-0.2, -0.15) is 0 Å². The van der Waals surface area contributed by atoms with Crippen LogP contribution in [0.3, 0.4) is 0 Å². The molecule has 2 atom stereocenters. The number of aliphatic hydroxyl groups is 1. The van der Waals surface area contributed by atoms with Gasteiger partial charge in [0.05, 0.1) is 0 Å². The molecule has 1 heterocycles. The van der Waals surface area contributed by atoms with E-state index in [0.717, 1.165) is 24.4 Å². The van der Waals surface area contributed by atoms with Gasteiger partial charge >= 0.3 is 0 Å². The second kappa shape index (κ2) is 5.48. The number of hydrogen-bond acceptors (Lipinski definition) is 3. The summed E-state index contributed by atoms with van der Waals surface area (Å²) >= 11 is 0. The molecule has 2 N–H and O–H groups in total. The van der Waals surface area contributed by atoms with Gasteiger partial charge in [0.25, 0.3) is 0 Å². The maximum Gasteiger partial charge on any atom is 0.0434 e. The fraction of sp³-hybridized carbons (Fsp3) is 1.00. The summed E-state index contributed by atoms with van der Waals surface area (Å²) in [5, 5.41) is 13.0. The van der Waals surface area contributed by atoms with Gasteiger partial charge in [-0.05, 0) is 50.4 Å². The SMILES string of the molecule is CC1CC(N2CC(CCO)CC(NC3CC3)C2)C1. The number of aliphatic hydroxyl groups excluding tert-OH is 1.